The molecule has 0 aliphatic rings. The van der Waals surface area contributed by atoms with Gasteiger partial charge in [0.25, 0.3) is 0 Å². The number of unbranched alkanes of at least 4 members (excludes halogenated alkanes) is 15. The molecule has 0 heterocycles. The second-order valence-corrected chi connectivity index (χ2v) is 11.8. The van der Waals surface area contributed by atoms with E-state index in [0.29, 0.717) is 6.54 Å². The van der Waals surface area contributed by atoms with Crippen molar-refractivity contribution in [3.63, 3.8) is 0 Å². The molecule has 176 valence electrons. The molecule has 0 saturated heterocycles. The highest BCUT2D eigenvalue weighted by Crippen LogP contribution is 2.13. The van der Waals surface area contributed by atoms with Crippen LogP contribution in [0.3, 0.4) is 0 Å². The molecule has 4 nitrogen and oxygen atoms in total. The standard InChI is InChI=1S/C24H53N2O2S/c1-5-6-7-8-9-10-11-12-13-14-15-16-17-18-19-20-24-29(27,28)25-22-21-23-26(2,3)4/h25H,5-24H2,1-4H3/q+1. The lowest BCUT2D eigenvalue weighted by Gasteiger charge is -2.23. The summed E-state index contributed by atoms with van der Waals surface area (Å²) < 4.78 is 27.6. The molecule has 0 spiro atoms. The summed E-state index contributed by atoms with van der Waals surface area (Å²) in [5.41, 5.74) is 0. The third-order valence-corrected chi connectivity index (χ3v) is 7.06. The third-order valence-electron chi connectivity index (χ3n) is 5.59. The monoisotopic (exact) mass is 433 g/mol. The molecule has 0 bridgehead atoms. The lowest BCUT2D eigenvalue weighted by Crippen LogP contribution is -2.37. The molecule has 0 radical (unpaired) electrons. The fourth-order valence-electron chi connectivity index (χ4n) is 3.69. The van der Waals surface area contributed by atoms with Gasteiger partial charge < -0.3 is 4.48 Å². The van der Waals surface area contributed by atoms with Gasteiger partial charge in [0.1, 0.15) is 0 Å². The Morgan fingerprint density at radius 3 is 1.34 bits per heavy atom. The normalized spacial score (nSPS) is 12.6. The van der Waals surface area contributed by atoms with E-state index in [2.05, 4.69) is 32.8 Å². The summed E-state index contributed by atoms with van der Waals surface area (Å²) in [6.07, 6.45) is 21.9. The lowest BCUT2D eigenvalue weighted by molar-refractivity contribution is -0.870. The van der Waals surface area contributed by atoms with Gasteiger partial charge >= 0.3 is 0 Å². The van der Waals surface area contributed by atoms with E-state index in [4.69, 9.17) is 0 Å². The van der Waals surface area contributed by atoms with Crippen LogP contribution >= 0.6 is 0 Å². The number of sulfonamides is 1. The molecule has 0 fully saturated rings. The number of hydrogen-bond acceptors (Lipinski definition) is 2. The van der Waals surface area contributed by atoms with E-state index in [-0.39, 0.29) is 5.75 Å². The molecule has 0 aliphatic carbocycles. The quantitative estimate of drug-likeness (QED) is 0.162. The van der Waals surface area contributed by atoms with E-state index < -0.39 is 10.0 Å². The van der Waals surface area contributed by atoms with E-state index in [9.17, 15) is 8.42 Å². The van der Waals surface area contributed by atoms with Gasteiger partial charge in [-0.2, -0.15) is 0 Å². The van der Waals surface area contributed by atoms with Crippen LogP contribution in [0.15, 0.2) is 0 Å². The Bertz CT molecular complexity index is 444. The SMILES string of the molecule is CCCCCCCCCCCCCCCCCCS(=O)(=O)NCCC[N+](C)(C)C. The first-order valence-electron chi connectivity index (χ1n) is 12.5. The highest BCUT2D eigenvalue weighted by molar-refractivity contribution is 7.89. The molecule has 29 heavy (non-hydrogen) atoms. The second kappa shape index (κ2) is 18.6. The summed E-state index contributed by atoms with van der Waals surface area (Å²) in [5.74, 6) is 0.288. The van der Waals surface area contributed by atoms with Gasteiger partial charge in [0, 0.05) is 13.0 Å². The zero-order valence-electron chi connectivity index (χ0n) is 20.3. The first-order valence-corrected chi connectivity index (χ1v) is 14.2. The molecule has 0 unspecified atom stereocenters. The molecule has 0 aromatic heterocycles. The van der Waals surface area contributed by atoms with Crippen molar-refractivity contribution in [1.29, 1.82) is 0 Å². The average Bonchev–Trinajstić information content (AvgIpc) is 2.64. The van der Waals surface area contributed by atoms with Crippen LogP contribution in [-0.2, 0) is 10.0 Å². The third kappa shape index (κ3) is 24.0. The highest BCUT2D eigenvalue weighted by atomic mass is 32.2. The largest absolute Gasteiger partial charge is 0.331 e. The molecule has 0 atom stereocenters. The molecule has 5 heteroatoms. The maximum absolute atomic E-state index is 12.0. The molecule has 0 aliphatic heterocycles. The summed E-state index contributed by atoms with van der Waals surface area (Å²) in [7, 11) is 3.31. The minimum Gasteiger partial charge on any atom is -0.331 e. The van der Waals surface area contributed by atoms with Crippen molar-refractivity contribution >= 4 is 10.0 Å². The van der Waals surface area contributed by atoms with Gasteiger partial charge in [-0.15, -0.1) is 0 Å². The molecule has 0 aromatic rings. The molecule has 0 rings (SSSR count). The van der Waals surface area contributed by atoms with Crippen LogP contribution in [0, 0.1) is 0 Å². The molecule has 0 saturated carbocycles. The van der Waals surface area contributed by atoms with E-state index >= 15 is 0 Å². The molecular formula is C24H53N2O2S+. The number of rotatable bonds is 22. The molecule has 0 amide bonds. The van der Waals surface area contributed by atoms with Crippen LogP contribution in [-0.4, -0.2) is 52.9 Å². The highest BCUT2D eigenvalue weighted by Gasteiger charge is 2.11. The van der Waals surface area contributed by atoms with Crippen LogP contribution < -0.4 is 4.72 Å². The van der Waals surface area contributed by atoms with Crippen LogP contribution in [0.5, 0.6) is 0 Å². The summed E-state index contributed by atoms with van der Waals surface area (Å²) >= 11 is 0. The van der Waals surface area contributed by atoms with E-state index in [1.54, 1.807) is 0 Å². The molecule has 0 aromatic carbocycles. The number of hydrogen-bond donors (Lipinski definition) is 1. The minimum absolute atomic E-state index is 0.288. The van der Waals surface area contributed by atoms with E-state index in [1.807, 2.05) is 0 Å². The molecular weight excluding hydrogens is 380 g/mol. The van der Waals surface area contributed by atoms with Crippen molar-refractivity contribution in [2.24, 2.45) is 0 Å². The van der Waals surface area contributed by atoms with E-state index in [0.717, 1.165) is 30.3 Å². The maximum Gasteiger partial charge on any atom is 0.211 e. The Morgan fingerprint density at radius 2 is 0.966 bits per heavy atom. The zero-order chi connectivity index (χ0) is 21.8. The van der Waals surface area contributed by atoms with Crippen LogP contribution in [0.2, 0.25) is 0 Å². The van der Waals surface area contributed by atoms with Crippen molar-refractivity contribution in [1.82, 2.24) is 4.72 Å². The summed E-state index contributed by atoms with van der Waals surface area (Å²) in [6, 6.07) is 0. The van der Waals surface area contributed by atoms with Gasteiger partial charge in [0.05, 0.1) is 33.4 Å². The summed E-state index contributed by atoms with van der Waals surface area (Å²) in [5, 5.41) is 0. The average molecular weight is 434 g/mol. The van der Waals surface area contributed by atoms with Crippen LogP contribution in [0.1, 0.15) is 116 Å². The molecule has 1 N–H and O–H groups in total. The topological polar surface area (TPSA) is 46.2 Å². The number of quaternary nitrogens is 1. The van der Waals surface area contributed by atoms with Gasteiger partial charge in [-0.25, -0.2) is 13.1 Å². The van der Waals surface area contributed by atoms with Gasteiger partial charge in [-0.05, 0) is 6.42 Å². The zero-order valence-corrected chi connectivity index (χ0v) is 21.1. The Balaban J connectivity index is 3.32. The van der Waals surface area contributed by atoms with Gasteiger partial charge in [-0.3, -0.25) is 0 Å². The summed E-state index contributed by atoms with van der Waals surface area (Å²) in [6.45, 7) is 3.83. The van der Waals surface area contributed by atoms with Crippen molar-refractivity contribution in [3.05, 3.63) is 0 Å². The first kappa shape index (κ1) is 28.9. The van der Waals surface area contributed by atoms with Crippen LogP contribution in [0.25, 0.3) is 0 Å². The fourth-order valence-corrected chi connectivity index (χ4v) is 4.88. The second-order valence-electron chi connectivity index (χ2n) is 9.88. The Hall–Kier alpha value is -0.130. The van der Waals surface area contributed by atoms with Crippen molar-refractivity contribution in [3.8, 4) is 0 Å². The predicted molar refractivity (Wildman–Crippen MR) is 129 cm³/mol. The van der Waals surface area contributed by atoms with Crippen molar-refractivity contribution < 1.29 is 12.9 Å². The summed E-state index contributed by atoms with van der Waals surface area (Å²) in [4.78, 5) is 0. The number of nitrogens with zero attached hydrogens (tertiary/aromatic N) is 1. The van der Waals surface area contributed by atoms with E-state index in [1.165, 1.54) is 89.9 Å². The Kier molecular flexibility index (Phi) is 18.5. The number of nitrogens with one attached hydrogen (secondary N) is 1. The maximum atomic E-state index is 12.0. The fraction of sp³-hybridized carbons (Fsp3) is 1.00. The Labute approximate surface area is 183 Å². The lowest BCUT2D eigenvalue weighted by atomic mass is 10.0. The minimum atomic E-state index is -3.08. The van der Waals surface area contributed by atoms with Gasteiger partial charge in [0.2, 0.25) is 10.0 Å². The van der Waals surface area contributed by atoms with Crippen molar-refractivity contribution in [2.45, 2.75) is 116 Å². The van der Waals surface area contributed by atoms with Gasteiger partial charge in [-0.1, -0.05) is 103 Å². The van der Waals surface area contributed by atoms with Gasteiger partial charge in [0.15, 0.2) is 0 Å². The smallest absolute Gasteiger partial charge is 0.211 e. The first-order chi connectivity index (χ1) is 13.8. The van der Waals surface area contributed by atoms with Crippen molar-refractivity contribution in [2.75, 3.05) is 40.0 Å². The Morgan fingerprint density at radius 1 is 0.586 bits per heavy atom. The predicted octanol–water partition coefficient (Wildman–Crippen LogP) is 6.26. The van der Waals surface area contributed by atoms with Crippen LogP contribution in [0.4, 0.5) is 0 Å².